The first-order valence-corrected chi connectivity index (χ1v) is 6.09. The largest absolute Gasteiger partial charge is 0.486 e. The molecule has 0 fully saturated rings. The minimum atomic E-state index is -0.632. The summed E-state index contributed by atoms with van der Waals surface area (Å²) in [4.78, 5) is 22.3. The Labute approximate surface area is 122 Å². The number of nitrogens with two attached hydrogens (primary N) is 1. The highest BCUT2D eigenvalue weighted by Gasteiger charge is 2.10. The molecule has 1 aromatic carbocycles. The molecular formula is C15H17NO5. The molecule has 0 unspecified atom stereocenters. The average molecular weight is 291 g/mol. The molecule has 0 saturated carbocycles. The maximum atomic E-state index is 11.3. The van der Waals surface area contributed by atoms with Crippen molar-refractivity contribution in [2.45, 2.75) is 6.92 Å². The van der Waals surface area contributed by atoms with Crippen LogP contribution in [0.3, 0.4) is 0 Å². The highest BCUT2D eigenvalue weighted by atomic mass is 16.6. The molecule has 0 saturated heterocycles. The third kappa shape index (κ3) is 5.02. The first kappa shape index (κ1) is 16.3. The van der Waals surface area contributed by atoms with E-state index in [9.17, 15) is 9.59 Å². The van der Waals surface area contributed by atoms with Crippen molar-refractivity contribution >= 4 is 18.0 Å². The third-order valence-electron chi connectivity index (χ3n) is 2.32. The fraction of sp³-hybridized carbons (Fsp3) is 0.200. The van der Waals surface area contributed by atoms with Crippen LogP contribution in [0.1, 0.15) is 12.5 Å². The Morgan fingerprint density at radius 2 is 2.05 bits per heavy atom. The van der Waals surface area contributed by atoms with Gasteiger partial charge in [-0.2, -0.15) is 0 Å². The topological polar surface area (TPSA) is 87.8 Å². The van der Waals surface area contributed by atoms with Crippen molar-refractivity contribution < 1.29 is 23.8 Å². The lowest BCUT2D eigenvalue weighted by Crippen LogP contribution is -2.12. The molecule has 0 amide bonds. The van der Waals surface area contributed by atoms with E-state index >= 15 is 0 Å². The zero-order valence-electron chi connectivity index (χ0n) is 11.9. The fourth-order valence-corrected chi connectivity index (χ4v) is 1.47. The third-order valence-corrected chi connectivity index (χ3v) is 2.32. The van der Waals surface area contributed by atoms with Gasteiger partial charge in [0, 0.05) is 6.92 Å². The van der Waals surface area contributed by atoms with Gasteiger partial charge in [0.2, 0.25) is 0 Å². The minimum absolute atomic E-state index is 0.0487. The monoisotopic (exact) mass is 291 g/mol. The Kier molecular flexibility index (Phi) is 6.00. The summed E-state index contributed by atoms with van der Waals surface area (Å²) >= 11 is 0. The Bertz CT molecular complexity index is 577. The van der Waals surface area contributed by atoms with E-state index in [4.69, 9.17) is 15.2 Å². The first-order valence-electron chi connectivity index (χ1n) is 6.09. The summed E-state index contributed by atoms with van der Waals surface area (Å²) in [5.41, 5.74) is 6.13. The molecule has 6 nitrogen and oxygen atoms in total. The van der Waals surface area contributed by atoms with Crippen LogP contribution < -0.4 is 15.2 Å². The zero-order chi connectivity index (χ0) is 15.8. The summed E-state index contributed by atoms with van der Waals surface area (Å²) in [6.07, 6.45) is 2.99. The summed E-state index contributed by atoms with van der Waals surface area (Å²) in [6.45, 7) is 5.08. The molecule has 1 aromatic rings. The summed E-state index contributed by atoms with van der Waals surface area (Å²) in [5.74, 6) is -0.474. The van der Waals surface area contributed by atoms with Gasteiger partial charge in [-0.3, -0.25) is 4.79 Å². The Morgan fingerprint density at radius 3 is 2.62 bits per heavy atom. The second-order valence-electron chi connectivity index (χ2n) is 3.99. The smallest absolute Gasteiger partial charge is 0.353 e. The molecule has 1 rings (SSSR count). The number of esters is 2. The molecule has 0 aromatic heterocycles. The van der Waals surface area contributed by atoms with E-state index in [0.29, 0.717) is 11.3 Å². The fourth-order valence-electron chi connectivity index (χ4n) is 1.47. The Hall–Kier alpha value is -2.76. The van der Waals surface area contributed by atoms with Gasteiger partial charge in [0.1, 0.15) is 12.3 Å². The van der Waals surface area contributed by atoms with Crippen LogP contribution in [0, 0.1) is 0 Å². The maximum Gasteiger partial charge on any atom is 0.353 e. The lowest BCUT2D eigenvalue weighted by Gasteiger charge is -2.10. The molecule has 0 radical (unpaired) electrons. The van der Waals surface area contributed by atoms with Gasteiger partial charge in [0.15, 0.2) is 11.5 Å². The Balaban J connectivity index is 3.10. The molecule has 0 aliphatic rings. The second kappa shape index (κ2) is 7.74. The van der Waals surface area contributed by atoms with Crippen LogP contribution in [0.25, 0.3) is 6.08 Å². The van der Waals surface area contributed by atoms with Crippen LogP contribution in [-0.2, 0) is 14.3 Å². The van der Waals surface area contributed by atoms with Gasteiger partial charge in [0.25, 0.3) is 0 Å². The van der Waals surface area contributed by atoms with E-state index < -0.39 is 11.9 Å². The highest BCUT2D eigenvalue weighted by molar-refractivity contribution is 5.92. The molecule has 0 aliphatic heterocycles. The van der Waals surface area contributed by atoms with Gasteiger partial charge in [0.05, 0.1) is 7.11 Å². The van der Waals surface area contributed by atoms with Crippen molar-refractivity contribution in [2.75, 3.05) is 13.7 Å². The van der Waals surface area contributed by atoms with Gasteiger partial charge >= 0.3 is 11.9 Å². The molecule has 112 valence electrons. The van der Waals surface area contributed by atoms with Crippen LogP contribution >= 0.6 is 0 Å². The number of hydrogen-bond acceptors (Lipinski definition) is 6. The van der Waals surface area contributed by atoms with E-state index in [1.165, 1.54) is 20.1 Å². The number of benzene rings is 1. The van der Waals surface area contributed by atoms with Crippen LogP contribution in [0.2, 0.25) is 0 Å². The van der Waals surface area contributed by atoms with Gasteiger partial charge in [-0.05, 0) is 23.8 Å². The summed E-state index contributed by atoms with van der Waals surface area (Å²) < 4.78 is 15.0. The molecule has 0 atom stereocenters. The van der Waals surface area contributed by atoms with Crippen molar-refractivity contribution in [1.82, 2.24) is 0 Å². The van der Waals surface area contributed by atoms with E-state index in [1.807, 2.05) is 0 Å². The number of carbonyl (C=O) groups is 2. The lowest BCUT2D eigenvalue weighted by atomic mass is 10.1. The quantitative estimate of drug-likeness (QED) is 0.371. The normalized spacial score (nSPS) is 10.7. The molecular weight excluding hydrogens is 274 g/mol. The molecule has 0 heterocycles. The van der Waals surface area contributed by atoms with E-state index in [1.54, 1.807) is 24.3 Å². The number of methoxy groups -OCH3 is 1. The van der Waals surface area contributed by atoms with Crippen molar-refractivity contribution in [3.8, 4) is 11.5 Å². The van der Waals surface area contributed by atoms with Crippen molar-refractivity contribution in [2.24, 2.45) is 5.73 Å². The van der Waals surface area contributed by atoms with Crippen LogP contribution in [0.15, 0.2) is 36.6 Å². The van der Waals surface area contributed by atoms with Crippen LogP contribution in [0.4, 0.5) is 0 Å². The average Bonchev–Trinajstić information content (AvgIpc) is 2.45. The van der Waals surface area contributed by atoms with Crippen molar-refractivity contribution in [3.05, 3.63) is 42.1 Å². The number of hydrogen-bond donors (Lipinski definition) is 1. The van der Waals surface area contributed by atoms with Crippen LogP contribution in [0.5, 0.6) is 11.5 Å². The highest BCUT2D eigenvalue weighted by Crippen LogP contribution is 2.29. The first-order chi connectivity index (χ1) is 9.97. The van der Waals surface area contributed by atoms with E-state index in [2.05, 4.69) is 11.3 Å². The number of rotatable bonds is 6. The standard InChI is InChI=1S/C15H17NO5/c1-4-7-20-14-9-11(8-12(16)15(18)19-3)5-6-13(14)21-10(2)17/h4-6,8-9H,1,7,16H2,2-3H3. The summed E-state index contributed by atoms with van der Waals surface area (Å²) in [6, 6.07) is 4.78. The van der Waals surface area contributed by atoms with Crippen molar-refractivity contribution in [3.63, 3.8) is 0 Å². The summed E-state index contributed by atoms with van der Waals surface area (Å²) in [7, 11) is 1.24. The molecule has 0 bridgehead atoms. The van der Waals surface area contributed by atoms with Crippen molar-refractivity contribution in [1.29, 1.82) is 0 Å². The SMILES string of the molecule is C=CCOc1cc(C=C(N)C(=O)OC)ccc1OC(C)=O. The second-order valence-corrected chi connectivity index (χ2v) is 3.99. The molecule has 6 heteroatoms. The predicted molar refractivity (Wildman–Crippen MR) is 77.6 cm³/mol. The molecule has 21 heavy (non-hydrogen) atoms. The molecule has 2 N–H and O–H groups in total. The zero-order valence-corrected chi connectivity index (χ0v) is 11.9. The van der Waals surface area contributed by atoms with Gasteiger partial charge in [-0.15, -0.1) is 0 Å². The predicted octanol–water partition coefficient (Wildman–Crippen LogP) is 1.65. The number of carbonyl (C=O) groups excluding carboxylic acids is 2. The number of ether oxygens (including phenoxy) is 3. The van der Waals surface area contributed by atoms with Gasteiger partial charge < -0.3 is 19.9 Å². The maximum absolute atomic E-state index is 11.3. The van der Waals surface area contributed by atoms with Gasteiger partial charge in [-0.1, -0.05) is 18.7 Å². The molecule has 0 spiro atoms. The molecule has 0 aliphatic carbocycles. The summed E-state index contributed by atoms with van der Waals surface area (Å²) in [5, 5.41) is 0. The van der Waals surface area contributed by atoms with E-state index in [-0.39, 0.29) is 18.1 Å². The minimum Gasteiger partial charge on any atom is -0.486 e. The van der Waals surface area contributed by atoms with Crippen LogP contribution in [-0.4, -0.2) is 25.7 Å². The van der Waals surface area contributed by atoms with Gasteiger partial charge in [-0.25, -0.2) is 4.79 Å². The van der Waals surface area contributed by atoms with E-state index in [0.717, 1.165) is 0 Å². The Morgan fingerprint density at radius 1 is 1.33 bits per heavy atom. The lowest BCUT2D eigenvalue weighted by molar-refractivity contribution is -0.136.